The number of aryl methyl sites for hydroxylation is 5. The van der Waals surface area contributed by atoms with Crippen LogP contribution in [-0.4, -0.2) is 4.98 Å². The van der Waals surface area contributed by atoms with Crippen LogP contribution in [0, 0.1) is 11.6 Å². The number of hydrogen-bond donors (Lipinski definition) is 0. The average molecular weight is 462 g/mol. The van der Waals surface area contributed by atoms with Crippen molar-refractivity contribution in [3.05, 3.63) is 124 Å². The van der Waals surface area contributed by atoms with Crippen molar-refractivity contribution in [1.82, 2.24) is 4.98 Å². The highest BCUT2D eigenvalue weighted by Crippen LogP contribution is 2.25. The van der Waals surface area contributed by atoms with Gasteiger partial charge < -0.3 is 0 Å². The van der Waals surface area contributed by atoms with E-state index in [1.54, 1.807) is 6.07 Å². The fraction of sp³-hybridized carbons (Fsp3) is 0.207. The summed E-state index contributed by atoms with van der Waals surface area (Å²) in [6, 6.07) is 18.6. The van der Waals surface area contributed by atoms with Crippen molar-refractivity contribution in [3.63, 3.8) is 0 Å². The van der Waals surface area contributed by atoms with Crippen LogP contribution in [0.5, 0.6) is 0 Å². The molecule has 0 spiro atoms. The highest BCUT2D eigenvalue weighted by atomic mass is 35.5. The Balaban J connectivity index is 1.41. The van der Waals surface area contributed by atoms with Crippen LogP contribution in [0.2, 0.25) is 5.02 Å². The van der Waals surface area contributed by atoms with Gasteiger partial charge in [-0.25, -0.2) is 8.78 Å². The molecule has 0 aliphatic carbocycles. The second-order valence-corrected chi connectivity index (χ2v) is 8.73. The zero-order valence-corrected chi connectivity index (χ0v) is 19.2. The van der Waals surface area contributed by atoms with E-state index in [2.05, 4.69) is 29.8 Å². The molecule has 0 radical (unpaired) electrons. The van der Waals surface area contributed by atoms with Crippen LogP contribution in [0.25, 0.3) is 10.8 Å². The summed E-state index contributed by atoms with van der Waals surface area (Å²) in [5.41, 5.74) is 4.86. The molecule has 0 saturated heterocycles. The Morgan fingerprint density at radius 2 is 1.55 bits per heavy atom. The normalized spacial score (nSPS) is 11.1. The molecule has 0 aliphatic rings. The number of aromatic nitrogens is 1. The van der Waals surface area contributed by atoms with Crippen molar-refractivity contribution >= 4 is 22.4 Å². The van der Waals surface area contributed by atoms with Gasteiger partial charge in [-0.05, 0) is 84.4 Å². The fourth-order valence-electron chi connectivity index (χ4n) is 4.00. The third-order valence-corrected chi connectivity index (χ3v) is 6.26. The van der Waals surface area contributed by atoms with Gasteiger partial charge in [0.05, 0.1) is 5.02 Å². The fourth-order valence-corrected chi connectivity index (χ4v) is 4.12. The first kappa shape index (κ1) is 23.1. The van der Waals surface area contributed by atoms with Gasteiger partial charge in [0.25, 0.3) is 0 Å². The molecule has 168 valence electrons. The Labute approximate surface area is 198 Å². The van der Waals surface area contributed by atoms with Gasteiger partial charge in [-0.3, -0.25) is 4.98 Å². The van der Waals surface area contributed by atoms with Gasteiger partial charge in [-0.2, -0.15) is 0 Å². The van der Waals surface area contributed by atoms with E-state index in [1.165, 1.54) is 17.7 Å². The predicted molar refractivity (Wildman–Crippen MR) is 133 cm³/mol. The van der Waals surface area contributed by atoms with Gasteiger partial charge in [0, 0.05) is 17.3 Å². The molecular weight excluding hydrogens is 436 g/mol. The predicted octanol–water partition coefficient (Wildman–Crippen LogP) is 7.86. The van der Waals surface area contributed by atoms with Gasteiger partial charge in [0.1, 0.15) is 11.6 Å². The number of benzene rings is 3. The first-order chi connectivity index (χ1) is 16.0. The van der Waals surface area contributed by atoms with Crippen LogP contribution in [0.15, 0.2) is 79.5 Å². The summed E-state index contributed by atoms with van der Waals surface area (Å²) in [7, 11) is 0. The molecule has 0 bridgehead atoms. The third-order valence-electron chi connectivity index (χ3n) is 5.96. The second kappa shape index (κ2) is 10.7. The Morgan fingerprint density at radius 1 is 0.788 bits per heavy atom. The first-order valence-electron chi connectivity index (χ1n) is 11.2. The molecule has 1 heterocycles. The zero-order valence-electron chi connectivity index (χ0n) is 18.5. The van der Waals surface area contributed by atoms with Crippen molar-refractivity contribution in [2.75, 3.05) is 0 Å². The number of rotatable bonds is 9. The van der Waals surface area contributed by atoms with Gasteiger partial charge >= 0.3 is 0 Å². The van der Waals surface area contributed by atoms with Crippen LogP contribution in [0.4, 0.5) is 8.78 Å². The number of hydrogen-bond acceptors (Lipinski definition) is 1. The molecule has 1 aromatic heterocycles. The monoisotopic (exact) mass is 461 g/mol. The summed E-state index contributed by atoms with van der Waals surface area (Å²) in [5, 5.41) is 1.60. The second-order valence-electron chi connectivity index (χ2n) is 8.33. The summed E-state index contributed by atoms with van der Waals surface area (Å²) in [6.45, 7) is 3.75. The van der Waals surface area contributed by atoms with E-state index in [0.717, 1.165) is 47.9 Å². The van der Waals surface area contributed by atoms with Gasteiger partial charge in [0.2, 0.25) is 0 Å². The standard InChI is InChI=1S/C29H26ClF2N/c1-2-3-4-22-7-14-25(33-19-22)13-6-20-8-15-26-24(17-20)12-11-23(29(26)32)10-5-21-9-16-27(30)28(31)18-21/h2,7-9,11-12,14-19H,1,3-6,10,13H2. The SMILES string of the molecule is C=CCCc1ccc(CCc2ccc3c(F)c(CCc4ccc(Cl)c(F)c4)ccc3c2)nc1. The van der Waals surface area contributed by atoms with Crippen LogP contribution >= 0.6 is 11.6 Å². The summed E-state index contributed by atoms with van der Waals surface area (Å²) in [6.07, 6.45) is 8.51. The third kappa shape index (κ3) is 5.85. The van der Waals surface area contributed by atoms with Gasteiger partial charge in [-0.1, -0.05) is 60.1 Å². The molecule has 4 heteroatoms. The van der Waals surface area contributed by atoms with Crippen molar-refractivity contribution in [2.24, 2.45) is 0 Å². The molecule has 0 atom stereocenters. The van der Waals surface area contributed by atoms with E-state index in [1.807, 2.05) is 36.5 Å². The van der Waals surface area contributed by atoms with Crippen LogP contribution in [0.1, 0.15) is 34.4 Å². The average Bonchev–Trinajstić information content (AvgIpc) is 2.83. The molecule has 3 aromatic carbocycles. The van der Waals surface area contributed by atoms with Gasteiger partial charge in [0.15, 0.2) is 0 Å². The molecule has 0 aliphatic heterocycles. The summed E-state index contributed by atoms with van der Waals surface area (Å²) in [5.74, 6) is -0.648. The number of fused-ring (bicyclic) bond motifs is 1. The lowest BCUT2D eigenvalue weighted by Crippen LogP contribution is -1.98. The lowest BCUT2D eigenvalue weighted by atomic mass is 9.98. The Hall–Kier alpha value is -3.04. The maximum Gasteiger partial charge on any atom is 0.142 e. The minimum Gasteiger partial charge on any atom is -0.261 e. The Bertz CT molecular complexity index is 1260. The van der Waals surface area contributed by atoms with E-state index in [0.29, 0.717) is 23.8 Å². The molecule has 0 unspecified atom stereocenters. The highest BCUT2D eigenvalue weighted by Gasteiger charge is 2.10. The van der Waals surface area contributed by atoms with E-state index >= 15 is 4.39 Å². The number of nitrogens with zero attached hydrogens (tertiary/aromatic N) is 1. The minimum absolute atomic E-state index is 0.0998. The van der Waals surface area contributed by atoms with E-state index in [4.69, 9.17) is 11.6 Å². The van der Waals surface area contributed by atoms with Crippen LogP contribution in [0.3, 0.4) is 0 Å². The molecule has 1 nitrogen and oxygen atoms in total. The molecule has 4 rings (SSSR count). The minimum atomic E-state index is -0.445. The van der Waals surface area contributed by atoms with Crippen molar-refractivity contribution in [2.45, 2.75) is 38.5 Å². The van der Waals surface area contributed by atoms with Gasteiger partial charge in [-0.15, -0.1) is 6.58 Å². The van der Waals surface area contributed by atoms with E-state index < -0.39 is 5.82 Å². The maximum absolute atomic E-state index is 15.1. The molecule has 0 saturated carbocycles. The summed E-state index contributed by atoms with van der Waals surface area (Å²) >= 11 is 5.74. The van der Waals surface area contributed by atoms with Crippen LogP contribution < -0.4 is 0 Å². The molecule has 4 aromatic rings. The molecule has 0 N–H and O–H groups in total. The van der Waals surface area contributed by atoms with E-state index in [9.17, 15) is 4.39 Å². The molecular formula is C29H26ClF2N. The Kier molecular flexibility index (Phi) is 7.51. The topological polar surface area (TPSA) is 12.9 Å². The van der Waals surface area contributed by atoms with Crippen molar-refractivity contribution in [3.8, 4) is 0 Å². The summed E-state index contributed by atoms with van der Waals surface area (Å²) in [4.78, 5) is 4.57. The lowest BCUT2D eigenvalue weighted by Gasteiger charge is -2.09. The van der Waals surface area contributed by atoms with Crippen LogP contribution in [-0.2, 0) is 32.1 Å². The molecule has 0 amide bonds. The smallest absolute Gasteiger partial charge is 0.142 e. The number of allylic oxidation sites excluding steroid dienone is 1. The van der Waals surface area contributed by atoms with E-state index in [-0.39, 0.29) is 10.8 Å². The largest absolute Gasteiger partial charge is 0.261 e. The summed E-state index contributed by atoms with van der Waals surface area (Å²) < 4.78 is 28.8. The van der Waals surface area contributed by atoms with Crippen molar-refractivity contribution in [1.29, 1.82) is 0 Å². The zero-order chi connectivity index (χ0) is 23.2. The molecule has 33 heavy (non-hydrogen) atoms. The quantitative estimate of drug-likeness (QED) is 0.231. The molecule has 0 fully saturated rings. The Morgan fingerprint density at radius 3 is 2.30 bits per heavy atom. The number of halogens is 3. The van der Waals surface area contributed by atoms with Crippen molar-refractivity contribution < 1.29 is 8.78 Å². The highest BCUT2D eigenvalue weighted by molar-refractivity contribution is 6.30. The number of pyridine rings is 1. The lowest BCUT2D eigenvalue weighted by molar-refractivity contribution is 0.617. The maximum atomic E-state index is 15.1. The first-order valence-corrected chi connectivity index (χ1v) is 11.6.